The summed E-state index contributed by atoms with van der Waals surface area (Å²) in [5.41, 5.74) is 0.673. The van der Waals surface area contributed by atoms with E-state index in [0.717, 1.165) is 19.5 Å². The Morgan fingerprint density at radius 2 is 1.94 bits per heavy atom. The Bertz CT molecular complexity index is 846. The fourth-order valence-electron chi connectivity index (χ4n) is 3.77. The van der Waals surface area contributed by atoms with Crippen molar-refractivity contribution in [1.82, 2.24) is 9.80 Å². The van der Waals surface area contributed by atoms with Crippen LogP contribution >= 0.6 is 0 Å². The summed E-state index contributed by atoms with van der Waals surface area (Å²) in [6, 6.07) is 4.98. The van der Waals surface area contributed by atoms with Gasteiger partial charge < -0.3 is 14.4 Å². The van der Waals surface area contributed by atoms with E-state index in [1.807, 2.05) is 0 Å². The highest BCUT2D eigenvalue weighted by Gasteiger charge is 2.28. The van der Waals surface area contributed by atoms with Crippen LogP contribution in [0.1, 0.15) is 44.5 Å². The molecule has 1 heterocycles. The summed E-state index contributed by atoms with van der Waals surface area (Å²) in [6.07, 6.45) is 0.913. The van der Waals surface area contributed by atoms with Crippen molar-refractivity contribution in [3.63, 3.8) is 0 Å². The molecule has 1 N–H and O–H groups in total. The Hall–Kier alpha value is -1.84. The number of benzene rings is 1. The maximum Gasteiger partial charge on any atom is 0.257 e. The van der Waals surface area contributed by atoms with Gasteiger partial charge in [0.1, 0.15) is 12.4 Å². The number of amides is 1. The number of carbonyl (C=O) groups is 1. The van der Waals surface area contributed by atoms with Gasteiger partial charge in [0.25, 0.3) is 5.91 Å². The van der Waals surface area contributed by atoms with E-state index in [4.69, 9.17) is 9.47 Å². The number of sulfonamides is 1. The Morgan fingerprint density at radius 3 is 2.55 bits per heavy atom. The lowest BCUT2D eigenvalue weighted by Gasteiger charge is -2.35. The second-order valence-electron chi connectivity index (χ2n) is 8.31. The predicted molar refractivity (Wildman–Crippen MR) is 123 cm³/mol. The van der Waals surface area contributed by atoms with E-state index in [1.54, 1.807) is 44.2 Å². The molecule has 176 valence electrons. The largest absolute Gasteiger partial charge is 0.491 e. The highest BCUT2D eigenvalue weighted by Crippen LogP contribution is 2.27. The minimum Gasteiger partial charge on any atom is -0.491 e. The summed E-state index contributed by atoms with van der Waals surface area (Å²) >= 11 is 0. The zero-order chi connectivity index (χ0) is 23.2. The van der Waals surface area contributed by atoms with E-state index >= 15 is 0 Å². The molecule has 2 rings (SSSR count). The molecular formula is C22H37N3O5S. The van der Waals surface area contributed by atoms with Crippen molar-refractivity contribution in [3.8, 4) is 5.75 Å². The summed E-state index contributed by atoms with van der Waals surface area (Å²) in [5, 5.41) is 0. The molecule has 31 heavy (non-hydrogen) atoms. The van der Waals surface area contributed by atoms with Crippen LogP contribution in [0.2, 0.25) is 0 Å². The lowest BCUT2D eigenvalue weighted by Crippen LogP contribution is -2.46. The van der Waals surface area contributed by atoms with Crippen molar-refractivity contribution in [3.05, 3.63) is 23.8 Å². The number of likely N-dealkylation sites (N-methyl/N-ethyl adjacent to an activating group) is 1. The lowest BCUT2D eigenvalue weighted by molar-refractivity contribution is 0.0108. The molecule has 1 aliphatic rings. The second-order valence-corrected chi connectivity index (χ2v) is 10.3. The maximum absolute atomic E-state index is 13.3. The molecule has 0 spiro atoms. The van der Waals surface area contributed by atoms with Gasteiger partial charge in [-0.3, -0.25) is 14.4 Å². The van der Waals surface area contributed by atoms with Crippen molar-refractivity contribution in [2.75, 3.05) is 50.9 Å². The molecule has 0 aromatic heterocycles. The molecule has 0 saturated carbocycles. The number of hydrogen-bond donors (Lipinski definition) is 1. The summed E-state index contributed by atoms with van der Waals surface area (Å²) in [4.78, 5) is 17.3. The molecule has 1 aromatic carbocycles. The van der Waals surface area contributed by atoms with Crippen LogP contribution < -0.4 is 9.46 Å². The number of rotatable bonds is 6. The Morgan fingerprint density at radius 1 is 1.23 bits per heavy atom. The Kier molecular flexibility index (Phi) is 9.14. The Balaban J connectivity index is 2.44. The lowest BCUT2D eigenvalue weighted by atomic mass is 10.0. The first-order valence-corrected chi connectivity index (χ1v) is 12.6. The first kappa shape index (κ1) is 25.4. The zero-order valence-corrected chi connectivity index (χ0v) is 20.4. The number of nitrogens with zero attached hydrogens (tertiary/aromatic N) is 2. The molecule has 3 atom stereocenters. The summed E-state index contributed by atoms with van der Waals surface area (Å²) in [6.45, 7) is 10.6. The van der Waals surface area contributed by atoms with Crippen LogP contribution in [0.25, 0.3) is 0 Å². The fourth-order valence-corrected chi connectivity index (χ4v) is 4.40. The first-order valence-electron chi connectivity index (χ1n) is 10.9. The van der Waals surface area contributed by atoms with Gasteiger partial charge in [-0.1, -0.05) is 13.8 Å². The van der Waals surface area contributed by atoms with Crippen molar-refractivity contribution in [2.24, 2.45) is 5.92 Å². The molecule has 1 aromatic rings. The summed E-state index contributed by atoms with van der Waals surface area (Å²) in [7, 11) is -0.0525. The highest BCUT2D eigenvalue weighted by molar-refractivity contribution is 7.92. The highest BCUT2D eigenvalue weighted by atomic mass is 32.2. The quantitative estimate of drug-likeness (QED) is 0.710. The van der Waals surface area contributed by atoms with Crippen LogP contribution in [0, 0.1) is 5.92 Å². The normalized spacial score (nSPS) is 24.0. The molecule has 0 saturated heterocycles. The van der Waals surface area contributed by atoms with Crippen molar-refractivity contribution in [1.29, 1.82) is 0 Å². The smallest absolute Gasteiger partial charge is 0.257 e. The molecule has 0 unspecified atom stereocenters. The van der Waals surface area contributed by atoms with Gasteiger partial charge in [0.15, 0.2) is 0 Å². The SMILES string of the molecule is CCCN1C[C@@H](C)[C@H](OC)CN(C)C(=O)c2cc(NS(=O)(=O)CC)ccc2OC[C@@H]1C. The minimum absolute atomic E-state index is 0.0490. The van der Waals surface area contributed by atoms with Crippen molar-refractivity contribution in [2.45, 2.75) is 46.3 Å². The molecule has 0 fully saturated rings. The number of nitrogens with one attached hydrogen (secondary N) is 1. The monoisotopic (exact) mass is 455 g/mol. The number of methoxy groups -OCH3 is 1. The molecule has 9 heteroatoms. The standard InChI is InChI=1S/C22H37N3O5S/c1-7-11-25-13-16(3)21(29-6)14-24(5)22(26)19-12-18(23-31(27,28)8-2)9-10-20(19)30-15-17(25)4/h9-10,12,16-17,21,23H,7-8,11,13-15H2,1-6H3/t16-,17+,21-/m1/s1. The third-order valence-corrected chi connectivity index (χ3v) is 7.04. The number of anilines is 1. The summed E-state index contributed by atoms with van der Waals surface area (Å²) in [5.74, 6) is 0.380. The van der Waals surface area contributed by atoms with Crippen LogP contribution in [0.3, 0.4) is 0 Å². The molecule has 0 bridgehead atoms. The van der Waals surface area contributed by atoms with Crippen molar-refractivity contribution < 1.29 is 22.7 Å². The average Bonchev–Trinajstić information content (AvgIpc) is 2.74. The molecule has 0 radical (unpaired) electrons. The molecule has 1 aliphatic heterocycles. The van der Waals surface area contributed by atoms with Gasteiger partial charge in [0.05, 0.1) is 17.4 Å². The van der Waals surface area contributed by atoms with E-state index < -0.39 is 10.0 Å². The van der Waals surface area contributed by atoms with Crippen LogP contribution in [0.15, 0.2) is 18.2 Å². The van der Waals surface area contributed by atoms with E-state index in [2.05, 4.69) is 30.4 Å². The number of hydrogen-bond acceptors (Lipinski definition) is 6. The average molecular weight is 456 g/mol. The molecule has 8 nitrogen and oxygen atoms in total. The van der Waals surface area contributed by atoms with Crippen LogP contribution in [-0.2, 0) is 14.8 Å². The van der Waals surface area contributed by atoms with E-state index in [9.17, 15) is 13.2 Å². The van der Waals surface area contributed by atoms with E-state index in [-0.39, 0.29) is 29.7 Å². The van der Waals surface area contributed by atoms with Crippen LogP contribution in [-0.4, -0.2) is 82.4 Å². The minimum atomic E-state index is -3.45. The van der Waals surface area contributed by atoms with Gasteiger partial charge >= 0.3 is 0 Å². The zero-order valence-electron chi connectivity index (χ0n) is 19.6. The van der Waals surface area contributed by atoms with Crippen LogP contribution in [0.5, 0.6) is 5.75 Å². The van der Waals surface area contributed by atoms with Crippen molar-refractivity contribution >= 4 is 21.6 Å². The maximum atomic E-state index is 13.3. The van der Waals surface area contributed by atoms with Gasteiger partial charge in [-0.2, -0.15) is 0 Å². The number of carbonyl (C=O) groups excluding carboxylic acids is 1. The van der Waals surface area contributed by atoms with Crippen LogP contribution in [0.4, 0.5) is 5.69 Å². The number of fused-ring (bicyclic) bond motifs is 1. The Labute approximate surface area is 186 Å². The molecule has 0 aliphatic carbocycles. The number of ether oxygens (including phenoxy) is 2. The molecule has 1 amide bonds. The summed E-state index contributed by atoms with van der Waals surface area (Å²) < 4.78 is 38.3. The van der Waals surface area contributed by atoms with Gasteiger partial charge in [0, 0.05) is 39.0 Å². The van der Waals surface area contributed by atoms with E-state index in [1.165, 1.54) is 0 Å². The predicted octanol–water partition coefficient (Wildman–Crippen LogP) is 2.66. The first-order chi connectivity index (χ1) is 14.6. The topological polar surface area (TPSA) is 88.2 Å². The van der Waals surface area contributed by atoms with E-state index in [0.29, 0.717) is 30.2 Å². The van der Waals surface area contributed by atoms with Gasteiger partial charge in [-0.25, -0.2) is 8.42 Å². The van der Waals surface area contributed by atoms with Gasteiger partial charge in [0.2, 0.25) is 10.0 Å². The van der Waals surface area contributed by atoms with Gasteiger partial charge in [-0.15, -0.1) is 0 Å². The second kappa shape index (κ2) is 11.2. The fraction of sp³-hybridized carbons (Fsp3) is 0.682. The molecular weight excluding hydrogens is 418 g/mol. The van der Waals surface area contributed by atoms with Gasteiger partial charge in [-0.05, 0) is 50.9 Å². The third kappa shape index (κ3) is 6.82. The third-order valence-electron chi connectivity index (χ3n) is 5.74.